The van der Waals surface area contributed by atoms with Gasteiger partial charge in [-0.2, -0.15) is 0 Å². The monoisotopic (exact) mass is 360 g/mol. The van der Waals surface area contributed by atoms with Gasteiger partial charge in [-0.15, -0.1) is 0 Å². The van der Waals surface area contributed by atoms with E-state index in [1.54, 1.807) is 18.3 Å². The molecule has 0 spiro atoms. The van der Waals surface area contributed by atoms with Crippen LogP contribution in [0.5, 0.6) is 5.75 Å². The number of aryl methyl sites for hydroxylation is 1. The number of carboxylic acid groups (broad SMARTS) is 1. The SMILES string of the molecule is CCCCCc1c(CC)c(C(=O)C(N)=O)c2c(OCC(=O)O)cccn12. The summed E-state index contributed by atoms with van der Waals surface area (Å²) in [5.41, 5.74) is 7.56. The number of carbonyl (C=O) groups excluding carboxylic acids is 2. The van der Waals surface area contributed by atoms with Crippen molar-refractivity contribution in [3.05, 3.63) is 35.2 Å². The number of hydrogen-bond donors (Lipinski definition) is 2. The van der Waals surface area contributed by atoms with Crippen molar-refractivity contribution in [2.45, 2.75) is 46.0 Å². The fourth-order valence-electron chi connectivity index (χ4n) is 3.21. The molecule has 0 aliphatic carbocycles. The van der Waals surface area contributed by atoms with Gasteiger partial charge in [0.1, 0.15) is 5.75 Å². The van der Waals surface area contributed by atoms with Crippen molar-refractivity contribution in [3.8, 4) is 5.75 Å². The third-order valence-electron chi connectivity index (χ3n) is 4.31. The Morgan fingerprint density at radius 1 is 1.23 bits per heavy atom. The minimum atomic E-state index is -1.12. The Bertz CT molecular complexity index is 838. The molecule has 2 heterocycles. The molecule has 1 amide bonds. The highest BCUT2D eigenvalue weighted by molar-refractivity contribution is 6.44. The van der Waals surface area contributed by atoms with Crippen LogP contribution < -0.4 is 10.5 Å². The highest BCUT2D eigenvalue weighted by Crippen LogP contribution is 2.32. The number of carboxylic acids is 1. The molecule has 0 saturated heterocycles. The van der Waals surface area contributed by atoms with Crippen LogP contribution in [-0.2, 0) is 22.4 Å². The number of rotatable bonds is 10. The molecule has 0 bridgehead atoms. The van der Waals surface area contributed by atoms with Gasteiger partial charge in [-0.05, 0) is 37.0 Å². The van der Waals surface area contributed by atoms with E-state index in [9.17, 15) is 14.4 Å². The van der Waals surface area contributed by atoms with Crippen LogP contribution in [0.2, 0.25) is 0 Å². The Hall–Kier alpha value is -2.83. The van der Waals surface area contributed by atoms with E-state index in [-0.39, 0.29) is 11.3 Å². The minimum absolute atomic E-state index is 0.215. The van der Waals surface area contributed by atoms with E-state index in [2.05, 4.69) is 6.92 Å². The lowest BCUT2D eigenvalue weighted by molar-refractivity contribution is -0.139. The van der Waals surface area contributed by atoms with E-state index in [4.69, 9.17) is 15.6 Å². The van der Waals surface area contributed by atoms with E-state index in [1.165, 1.54) is 0 Å². The van der Waals surface area contributed by atoms with Crippen molar-refractivity contribution in [1.29, 1.82) is 0 Å². The zero-order valence-corrected chi connectivity index (χ0v) is 15.1. The number of nitrogens with two attached hydrogens (primary N) is 1. The summed E-state index contributed by atoms with van der Waals surface area (Å²) >= 11 is 0. The highest BCUT2D eigenvalue weighted by Gasteiger charge is 2.27. The number of unbranched alkanes of at least 4 members (excludes halogenated alkanes) is 2. The molecule has 7 nitrogen and oxygen atoms in total. The first-order valence-corrected chi connectivity index (χ1v) is 8.75. The van der Waals surface area contributed by atoms with Crippen LogP contribution in [0.25, 0.3) is 5.52 Å². The van der Waals surface area contributed by atoms with Gasteiger partial charge < -0.3 is 20.0 Å². The molecule has 0 aliphatic heterocycles. The Morgan fingerprint density at radius 3 is 2.54 bits per heavy atom. The molecule has 3 N–H and O–H groups in total. The summed E-state index contributed by atoms with van der Waals surface area (Å²) < 4.78 is 7.19. The van der Waals surface area contributed by atoms with Crippen LogP contribution in [0.4, 0.5) is 0 Å². The van der Waals surface area contributed by atoms with E-state index < -0.39 is 24.3 Å². The Balaban J connectivity index is 2.70. The van der Waals surface area contributed by atoms with E-state index in [1.807, 2.05) is 11.3 Å². The number of primary amides is 1. The molecule has 140 valence electrons. The smallest absolute Gasteiger partial charge is 0.341 e. The number of Topliss-reactive ketones (excluding diaryl/α,β-unsaturated/α-hetero) is 1. The van der Waals surface area contributed by atoms with Gasteiger partial charge in [-0.25, -0.2) is 4.79 Å². The summed E-state index contributed by atoms with van der Waals surface area (Å²) in [7, 11) is 0. The van der Waals surface area contributed by atoms with Crippen molar-refractivity contribution in [2.75, 3.05) is 6.61 Å². The van der Waals surface area contributed by atoms with Crippen molar-refractivity contribution in [3.63, 3.8) is 0 Å². The second-order valence-corrected chi connectivity index (χ2v) is 6.08. The maximum Gasteiger partial charge on any atom is 0.341 e. The van der Waals surface area contributed by atoms with Crippen LogP contribution >= 0.6 is 0 Å². The second-order valence-electron chi connectivity index (χ2n) is 6.08. The van der Waals surface area contributed by atoms with E-state index in [0.29, 0.717) is 11.9 Å². The molecule has 2 aromatic rings. The van der Waals surface area contributed by atoms with Gasteiger partial charge in [0.05, 0.1) is 11.1 Å². The number of nitrogens with zero attached hydrogens (tertiary/aromatic N) is 1. The van der Waals surface area contributed by atoms with Gasteiger partial charge in [-0.3, -0.25) is 9.59 Å². The average molecular weight is 360 g/mol. The first-order chi connectivity index (χ1) is 12.4. The van der Waals surface area contributed by atoms with Crippen molar-refractivity contribution < 1.29 is 24.2 Å². The molecule has 0 unspecified atom stereocenters. The maximum absolute atomic E-state index is 12.5. The van der Waals surface area contributed by atoms with Crippen LogP contribution in [-0.4, -0.2) is 33.8 Å². The number of carbonyl (C=O) groups is 3. The summed E-state index contributed by atoms with van der Waals surface area (Å²) in [6.45, 7) is 3.48. The Morgan fingerprint density at radius 2 is 1.96 bits per heavy atom. The topological polar surface area (TPSA) is 111 Å². The number of pyridine rings is 1. The van der Waals surface area contributed by atoms with Crippen molar-refractivity contribution in [2.24, 2.45) is 5.73 Å². The molecule has 26 heavy (non-hydrogen) atoms. The number of ketones is 1. The van der Waals surface area contributed by atoms with Gasteiger partial charge in [-0.1, -0.05) is 26.7 Å². The molecular weight excluding hydrogens is 336 g/mol. The van der Waals surface area contributed by atoms with Crippen molar-refractivity contribution >= 4 is 23.2 Å². The van der Waals surface area contributed by atoms with Gasteiger partial charge in [0.2, 0.25) is 0 Å². The van der Waals surface area contributed by atoms with Gasteiger partial charge in [0, 0.05) is 11.9 Å². The van der Waals surface area contributed by atoms with Crippen molar-refractivity contribution in [1.82, 2.24) is 4.40 Å². The normalized spacial score (nSPS) is 10.8. The number of aromatic nitrogens is 1. The number of aliphatic carboxylic acids is 1. The molecule has 0 radical (unpaired) electrons. The Labute approximate surface area is 151 Å². The zero-order valence-electron chi connectivity index (χ0n) is 15.1. The zero-order chi connectivity index (χ0) is 19.3. The largest absolute Gasteiger partial charge is 0.480 e. The predicted octanol–water partition coefficient (Wildman–Crippen LogP) is 2.37. The lowest BCUT2D eigenvalue weighted by Gasteiger charge is -2.08. The van der Waals surface area contributed by atoms with Crippen LogP contribution in [0.1, 0.15) is 54.7 Å². The van der Waals surface area contributed by atoms with Crippen LogP contribution in [0, 0.1) is 0 Å². The standard InChI is InChI=1S/C19H24N2O5/c1-3-5-6-8-13-12(4-2)16(18(24)19(20)25)17-14(26-11-15(22)23)9-7-10-21(13)17/h7,9-10H,3-6,8,11H2,1-2H3,(H2,20,25)(H,22,23). The molecule has 7 heteroatoms. The summed E-state index contributed by atoms with van der Waals surface area (Å²) in [5.74, 6) is -2.70. The number of amides is 1. The van der Waals surface area contributed by atoms with E-state index in [0.717, 1.165) is 36.9 Å². The highest BCUT2D eigenvalue weighted by atomic mass is 16.5. The average Bonchev–Trinajstić information content (AvgIpc) is 2.93. The summed E-state index contributed by atoms with van der Waals surface area (Å²) in [6.07, 6.45) is 6.14. The molecule has 0 atom stereocenters. The third-order valence-corrected chi connectivity index (χ3v) is 4.31. The van der Waals surface area contributed by atoms with Crippen LogP contribution in [0.3, 0.4) is 0 Å². The van der Waals surface area contributed by atoms with E-state index >= 15 is 0 Å². The van der Waals surface area contributed by atoms with Gasteiger partial charge >= 0.3 is 5.97 Å². The van der Waals surface area contributed by atoms with Gasteiger partial charge in [0.15, 0.2) is 6.61 Å². The fraction of sp³-hybridized carbons (Fsp3) is 0.421. The summed E-state index contributed by atoms with van der Waals surface area (Å²) in [6, 6.07) is 3.32. The molecule has 2 aromatic heterocycles. The minimum Gasteiger partial charge on any atom is -0.480 e. The van der Waals surface area contributed by atoms with Crippen LogP contribution in [0.15, 0.2) is 18.3 Å². The first-order valence-electron chi connectivity index (χ1n) is 8.75. The third kappa shape index (κ3) is 3.87. The molecule has 2 rings (SSSR count). The molecular formula is C19H24N2O5. The molecule has 0 aromatic carbocycles. The summed E-state index contributed by atoms with van der Waals surface area (Å²) in [5, 5.41) is 8.89. The lowest BCUT2D eigenvalue weighted by Crippen LogP contribution is -2.24. The lowest BCUT2D eigenvalue weighted by atomic mass is 10.00. The molecule has 0 aliphatic rings. The summed E-state index contributed by atoms with van der Waals surface area (Å²) in [4.78, 5) is 35.0. The second kappa shape index (κ2) is 8.51. The predicted molar refractivity (Wildman–Crippen MR) is 96.7 cm³/mol. The molecule has 0 saturated carbocycles. The molecule has 0 fully saturated rings. The van der Waals surface area contributed by atoms with Gasteiger partial charge in [0.25, 0.3) is 11.7 Å². The fourth-order valence-corrected chi connectivity index (χ4v) is 3.21. The number of ether oxygens (including phenoxy) is 1. The Kier molecular flexibility index (Phi) is 6.38. The first kappa shape index (κ1) is 19.5. The number of hydrogen-bond acceptors (Lipinski definition) is 4. The number of fused-ring (bicyclic) bond motifs is 1. The maximum atomic E-state index is 12.5. The quantitative estimate of drug-likeness (QED) is 0.384.